The van der Waals surface area contributed by atoms with Gasteiger partial charge in [-0.05, 0) is 50.5 Å². The van der Waals surface area contributed by atoms with Gasteiger partial charge in [0.15, 0.2) is 0 Å². The first-order valence-electron chi connectivity index (χ1n) is 4.58. The Labute approximate surface area is 84.1 Å². The van der Waals surface area contributed by atoms with Crippen LogP contribution in [0.15, 0.2) is 18.2 Å². The van der Waals surface area contributed by atoms with Crippen molar-refractivity contribution in [2.24, 2.45) is 0 Å². The topological polar surface area (TPSA) is 14.1 Å². The van der Waals surface area contributed by atoms with Gasteiger partial charge < -0.3 is 0 Å². The molecular formula is C11H13ClN. The highest BCUT2D eigenvalue weighted by Crippen LogP contribution is 2.32. The highest BCUT2D eigenvalue weighted by molar-refractivity contribution is 6.30. The van der Waals surface area contributed by atoms with E-state index in [-0.39, 0.29) is 5.54 Å². The van der Waals surface area contributed by atoms with E-state index in [0.29, 0.717) is 0 Å². The first kappa shape index (κ1) is 8.89. The first-order chi connectivity index (χ1) is 6.07. The third-order valence-corrected chi connectivity index (χ3v) is 2.71. The van der Waals surface area contributed by atoms with Crippen LogP contribution in [0.5, 0.6) is 0 Å². The van der Waals surface area contributed by atoms with Gasteiger partial charge >= 0.3 is 0 Å². The Kier molecular flexibility index (Phi) is 1.99. The van der Waals surface area contributed by atoms with E-state index in [9.17, 15) is 0 Å². The molecule has 1 aromatic carbocycles. The average molecular weight is 195 g/mol. The standard InChI is InChI=1S/C11H13ClN/c1-11(2)6-5-8-7-9(12)3-4-10(8)13-11/h3-4,7H,5-6H2,1-2H3. The minimum absolute atomic E-state index is 0.0980. The van der Waals surface area contributed by atoms with Crippen molar-refractivity contribution < 1.29 is 0 Å². The lowest BCUT2D eigenvalue weighted by Gasteiger charge is -2.30. The molecule has 0 atom stereocenters. The molecular weight excluding hydrogens is 182 g/mol. The van der Waals surface area contributed by atoms with Crippen LogP contribution in [0.4, 0.5) is 5.69 Å². The fourth-order valence-corrected chi connectivity index (χ4v) is 1.88. The van der Waals surface area contributed by atoms with Crippen LogP contribution < -0.4 is 5.32 Å². The molecule has 0 saturated carbocycles. The molecule has 13 heavy (non-hydrogen) atoms. The fraction of sp³-hybridized carbons (Fsp3) is 0.455. The summed E-state index contributed by atoms with van der Waals surface area (Å²) in [6.07, 6.45) is 2.20. The van der Waals surface area contributed by atoms with Crippen molar-refractivity contribution in [3.63, 3.8) is 0 Å². The number of hydrogen-bond acceptors (Lipinski definition) is 0. The molecule has 1 aliphatic rings. The normalized spacial score (nSPS) is 19.0. The Bertz CT molecular complexity index is 331. The molecule has 0 aliphatic carbocycles. The Hall–Kier alpha value is -0.690. The van der Waals surface area contributed by atoms with Gasteiger partial charge in [-0.25, -0.2) is 0 Å². The zero-order chi connectivity index (χ0) is 9.47. The van der Waals surface area contributed by atoms with Crippen LogP contribution in [0.2, 0.25) is 5.02 Å². The van der Waals surface area contributed by atoms with Gasteiger partial charge in [-0.3, -0.25) is 5.32 Å². The van der Waals surface area contributed by atoms with E-state index in [1.807, 2.05) is 18.2 Å². The number of aryl methyl sites for hydroxylation is 1. The van der Waals surface area contributed by atoms with Gasteiger partial charge in [0.05, 0.1) is 11.2 Å². The highest BCUT2D eigenvalue weighted by Gasteiger charge is 2.25. The molecule has 69 valence electrons. The van der Waals surface area contributed by atoms with Crippen molar-refractivity contribution in [3.05, 3.63) is 28.8 Å². The maximum atomic E-state index is 5.91. The molecule has 2 heteroatoms. The summed E-state index contributed by atoms with van der Waals surface area (Å²) < 4.78 is 0. The van der Waals surface area contributed by atoms with Crippen LogP contribution in [-0.4, -0.2) is 5.54 Å². The van der Waals surface area contributed by atoms with Gasteiger partial charge in [0.25, 0.3) is 0 Å². The van der Waals surface area contributed by atoms with Crippen molar-refractivity contribution >= 4 is 17.3 Å². The number of hydrogen-bond donors (Lipinski definition) is 0. The Morgan fingerprint density at radius 1 is 1.38 bits per heavy atom. The molecule has 0 fully saturated rings. The molecule has 1 nitrogen and oxygen atoms in total. The molecule has 0 saturated heterocycles. The van der Waals surface area contributed by atoms with Crippen molar-refractivity contribution in [1.82, 2.24) is 5.32 Å². The van der Waals surface area contributed by atoms with Gasteiger partial charge in [-0.1, -0.05) is 11.6 Å². The number of fused-ring (bicyclic) bond motifs is 1. The molecule has 1 radical (unpaired) electrons. The summed E-state index contributed by atoms with van der Waals surface area (Å²) >= 11 is 5.91. The van der Waals surface area contributed by atoms with Crippen LogP contribution in [-0.2, 0) is 6.42 Å². The summed E-state index contributed by atoms with van der Waals surface area (Å²) in [5, 5.41) is 5.47. The van der Waals surface area contributed by atoms with Crippen molar-refractivity contribution in [2.45, 2.75) is 32.2 Å². The van der Waals surface area contributed by atoms with Crippen LogP contribution in [0.3, 0.4) is 0 Å². The number of benzene rings is 1. The predicted molar refractivity (Wildman–Crippen MR) is 55.6 cm³/mol. The molecule has 0 N–H and O–H groups in total. The van der Waals surface area contributed by atoms with Gasteiger partial charge in [-0.2, -0.15) is 0 Å². The molecule has 2 rings (SSSR count). The molecule has 0 amide bonds. The third-order valence-electron chi connectivity index (χ3n) is 2.47. The Balaban J connectivity index is 2.37. The zero-order valence-electron chi connectivity index (χ0n) is 7.97. The summed E-state index contributed by atoms with van der Waals surface area (Å²) in [5.41, 5.74) is 2.49. The summed E-state index contributed by atoms with van der Waals surface area (Å²) in [4.78, 5) is 0. The van der Waals surface area contributed by atoms with Crippen LogP contribution in [0.1, 0.15) is 25.8 Å². The second-order valence-corrected chi connectivity index (χ2v) is 4.63. The van der Waals surface area contributed by atoms with E-state index in [1.54, 1.807) is 0 Å². The number of nitrogens with zero attached hydrogens (tertiary/aromatic N) is 1. The Morgan fingerprint density at radius 2 is 2.15 bits per heavy atom. The van der Waals surface area contributed by atoms with E-state index in [4.69, 9.17) is 11.6 Å². The quantitative estimate of drug-likeness (QED) is 0.602. The van der Waals surface area contributed by atoms with Crippen LogP contribution in [0, 0.1) is 0 Å². The monoisotopic (exact) mass is 194 g/mol. The predicted octanol–water partition coefficient (Wildman–Crippen LogP) is 3.30. The SMILES string of the molecule is CC1(C)CCc2cc(Cl)ccc2[N]1. The molecule has 0 unspecified atom stereocenters. The average Bonchev–Trinajstić information content (AvgIpc) is 2.05. The summed E-state index contributed by atoms with van der Waals surface area (Å²) in [5.74, 6) is 0. The minimum atomic E-state index is 0.0980. The lowest BCUT2D eigenvalue weighted by atomic mass is 9.89. The van der Waals surface area contributed by atoms with Gasteiger partial charge in [0.2, 0.25) is 0 Å². The molecule has 0 aromatic heterocycles. The molecule has 1 heterocycles. The van der Waals surface area contributed by atoms with E-state index in [2.05, 4.69) is 19.2 Å². The zero-order valence-corrected chi connectivity index (χ0v) is 8.73. The van der Waals surface area contributed by atoms with E-state index >= 15 is 0 Å². The van der Waals surface area contributed by atoms with Crippen molar-refractivity contribution in [3.8, 4) is 0 Å². The largest absolute Gasteiger partial charge is 0.279 e. The van der Waals surface area contributed by atoms with Crippen molar-refractivity contribution in [1.29, 1.82) is 0 Å². The Morgan fingerprint density at radius 3 is 2.92 bits per heavy atom. The number of halogens is 1. The minimum Gasteiger partial charge on any atom is -0.279 e. The van der Waals surface area contributed by atoms with Gasteiger partial charge in [-0.15, -0.1) is 0 Å². The summed E-state index contributed by atoms with van der Waals surface area (Å²) in [6, 6.07) is 5.94. The van der Waals surface area contributed by atoms with Crippen molar-refractivity contribution in [2.75, 3.05) is 0 Å². The van der Waals surface area contributed by atoms with Gasteiger partial charge in [0, 0.05) is 5.02 Å². The first-order valence-corrected chi connectivity index (χ1v) is 4.96. The molecule has 1 aromatic rings. The lowest BCUT2D eigenvalue weighted by molar-refractivity contribution is 0.389. The molecule has 1 aliphatic heterocycles. The highest BCUT2D eigenvalue weighted by atomic mass is 35.5. The number of rotatable bonds is 0. The lowest BCUT2D eigenvalue weighted by Crippen LogP contribution is -2.34. The van der Waals surface area contributed by atoms with Gasteiger partial charge in [0.1, 0.15) is 0 Å². The van der Waals surface area contributed by atoms with E-state index in [0.717, 1.165) is 23.6 Å². The maximum Gasteiger partial charge on any atom is 0.0613 e. The fourth-order valence-electron chi connectivity index (χ4n) is 1.69. The maximum absolute atomic E-state index is 5.91. The molecule has 0 bridgehead atoms. The third kappa shape index (κ3) is 1.80. The smallest absolute Gasteiger partial charge is 0.0613 e. The second kappa shape index (κ2) is 2.91. The summed E-state index contributed by atoms with van der Waals surface area (Å²) in [6.45, 7) is 4.34. The molecule has 0 spiro atoms. The van der Waals surface area contributed by atoms with Crippen LogP contribution >= 0.6 is 11.6 Å². The second-order valence-electron chi connectivity index (χ2n) is 4.20. The summed E-state index contributed by atoms with van der Waals surface area (Å²) in [7, 11) is 0. The van der Waals surface area contributed by atoms with E-state index in [1.165, 1.54) is 5.56 Å². The van der Waals surface area contributed by atoms with E-state index < -0.39 is 0 Å². The van der Waals surface area contributed by atoms with Crippen LogP contribution in [0.25, 0.3) is 0 Å².